The van der Waals surface area contributed by atoms with Gasteiger partial charge in [-0.05, 0) is 10.8 Å². The molecule has 0 spiro atoms. The molecule has 0 unspecified atom stereocenters. The van der Waals surface area contributed by atoms with E-state index in [2.05, 4.69) is 69.1 Å². The fourth-order valence-corrected chi connectivity index (χ4v) is 3.61. The van der Waals surface area contributed by atoms with Crippen LogP contribution in [0.25, 0.3) is 27.1 Å². The Hall–Kier alpha value is -1.03. The molecule has 1 fully saturated rings. The molecule has 0 N–H and O–H groups in total. The van der Waals surface area contributed by atoms with E-state index in [0.29, 0.717) is 0 Å². The topological polar surface area (TPSA) is 28.2 Å². The normalized spacial score (nSPS) is 18.5. The third-order valence-corrected chi connectivity index (χ3v) is 4.52. The number of piperidine rings is 1. The molecule has 0 radical (unpaired) electrons. The van der Waals surface area contributed by atoms with Crippen LogP contribution in [0.15, 0.2) is 48.5 Å². The van der Waals surface area contributed by atoms with E-state index in [4.69, 9.17) is 5.32 Å². The van der Waals surface area contributed by atoms with Gasteiger partial charge in [0.2, 0.25) is 0 Å². The van der Waals surface area contributed by atoms with Crippen molar-refractivity contribution in [1.29, 1.82) is 0 Å². The Morgan fingerprint density at radius 3 is 1.50 bits per heavy atom. The Labute approximate surface area is 161 Å². The molecule has 2 nitrogen and oxygen atoms in total. The van der Waals surface area contributed by atoms with Crippen LogP contribution >= 0.6 is 0 Å². The van der Waals surface area contributed by atoms with Crippen LogP contribution in [-0.4, -0.2) is 34.1 Å². The summed E-state index contributed by atoms with van der Waals surface area (Å²) in [5.74, 6) is 0. The molecule has 3 heteroatoms. The molecule has 0 atom stereocenters. The van der Waals surface area contributed by atoms with Gasteiger partial charge in [0, 0.05) is 0 Å². The van der Waals surface area contributed by atoms with Crippen LogP contribution < -0.4 is 4.98 Å². The van der Waals surface area contributed by atoms with Crippen LogP contribution in [0, 0.1) is 0 Å². The molecular weight excluding hydrogens is 305 g/mol. The molecule has 3 aromatic rings. The third-order valence-electron chi connectivity index (χ3n) is 4.52. The molecular formula is C21H26MgN2. The minimum Gasteiger partial charge on any atom is -0.657 e. The van der Waals surface area contributed by atoms with Gasteiger partial charge in [-0.2, -0.15) is 0 Å². The molecule has 1 aliphatic rings. The van der Waals surface area contributed by atoms with Crippen molar-refractivity contribution in [2.45, 2.75) is 58.0 Å². The summed E-state index contributed by atoms with van der Waals surface area (Å²) in [6, 6.07) is 16.5. The first-order valence-electron chi connectivity index (χ1n) is 8.51. The standard InChI is InChI=1S/C12H8N.C9H18N.Mg/c1-3-7-11-9(5-1)10-6-2-4-8-12(10)13-11;1-8(2)6-5-7-9(3,4)10-8;/h1-8H;5-7H2,1-4H3;/q2*-1;+2. The van der Waals surface area contributed by atoms with Gasteiger partial charge in [-0.25, -0.2) is 0 Å². The van der Waals surface area contributed by atoms with E-state index in [9.17, 15) is 0 Å². The minimum atomic E-state index is 0. The Bertz CT molecular complexity index is 737. The molecule has 1 aliphatic heterocycles. The van der Waals surface area contributed by atoms with E-state index in [1.54, 1.807) is 0 Å². The first-order valence-corrected chi connectivity index (χ1v) is 8.51. The second-order valence-electron chi connectivity index (χ2n) is 7.74. The molecule has 1 aromatic heterocycles. The van der Waals surface area contributed by atoms with Gasteiger partial charge in [-0.15, -0.1) is 22.1 Å². The quantitative estimate of drug-likeness (QED) is 0.488. The maximum atomic E-state index is 4.75. The average Bonchev–Trinajstić information content (AvgIpc) is 2.84. The maximum absolute atomic E-state index is 4.75. The number of benzene rings is 2. The Balaban J connectivity index is 0.000000173. The molecule has 4 rings (SSSR count). The van der Waals surface area contributed by atoms with Gasteiger partial charge in [0.25, 0.3) is 0 Å². The van der Waals surface area contributed by atoms with Crippen LogP contribution in [0.1, 0.15) is 47.0 Å². The maximum Gasteiger partial charge on any atom is 2.00 e. The molecule has 122 valence electrons. The van der Waals surface area contributed by atoms with Gasteiger partial charge in [-0.1, -0.05) is 95.5 Å². The predicted octanol–water partition coefficient (Wildman–Crippen LogP) is 5.67. The predicted molar refractivity (Wildman–Crippen MR) is 106 cm³/mol. The van der Waals surface area contributed by atoms with Gasteiger partial charge >= 0.3 is 23.1 Å². The van der Waals surface area contributed by atoms with Crippen molar-refractivity contribution < 1.29 is 0 Å². The number of hydrogen-bond donors (Lipinski definition) is 0. The first-order chi connectivity index (χ1) is 10.9. The number of nitrogens with zero attached hydrogens (tertiary/aromatic N) is 2. The summed E-state index contributed by atoms with van der Waals surface area (Å²) in [4.78, 5) is 4.52. The van der Waals surface area contributed by atoms with Crippen molar-refractivity contribution >= 4 is 44.9 Å². The summed E-state index contributed by atoms with van der Waals surface area (Å²) >= 11 is 0. The first kappa shape index (κ1) is 19.3. The average molecular weight is 331 g/mol. The summed E-state index contributed by atoms with van der Waals surface area (Å²) < 4.78 is 0. The van der Waals surface area contributed by atoms with Gasteiger partial charge in [-0.3, -0.25) is 0 Å². The third kappa shape index (κ3) is 4.53. The number of hydrogen-bond acceptors (Lipinski definition) is 0. The van der Waals surface area contributed by atoms with Gasteiger partial charge in [0.05, 0.1) is 0 Å². The number of aromatic nitrogens is 1. The van der Waals surface area contributed by atoms with Gasteiger partial charge < -0.3 is 10.3 Å². The fourth-order valence-electron chi connectivity index (χ4n) is 3.61. The second kappa shape index (κ2) is 7.46. The van der Waals surface area contributed by atoms with Crippen molar-refractivity contribution in [2.75, 3.05) is 0 Å². The SMILES string of the molecule is CC1(C)CCCC(C)(C)[N-]1.[Mg+2].c1ccc2c(c1)[n-]c1ccccc12. The van der Waals surface area contributed by atoms with Gasteiger partial charge in [0.1, 0.15) is 0 Å². The van der Waals surface area contributed by atoms with Crippen LogP contribution in [0.5, 0.6) is 0 Å². The summed E-state index contributed by atoms with van der Waals surface area (Å²) in [5, 5.41) is 7.24. The van der Waals surface area contributed by atoms with Crippen molar-refractivity contribution in [3.05, 3.63) is 53.8 Å². The van der Waals surface area contributed by atoms with Crippen LogP contribution in [0.3, 0.4) is 0 Å². The molecule has 0 aliphatic carbocycles. The fraction of sp³-hybridized carbons (Fsp3) is 0.429. The zero-order valence-electron chi connectivity index (χ0n) is 15.3. The Kier molecular flexibility index (Phi) is 6.00. The zero-order chi connectivity index (χ0) is 16.5. The summed E-state index contributed by atoms with van der Waals surface area (Å²) in [7, 11) is 0. The summed E-state index contributed by atoms with van der Waals surface area (Å²) in [5.41, 5.74) is 2.65. The number of fused-ring (bicyclic) bond motifs is 3. The van der Waals surface area contributed by atoms with E-state index in [1.807, 2.05) is 12.1 Å². The Morgan fingerprint density at radius 2 is 1.12 bits per heavy atom. The zero-order valence-corrected chi connectivity index (χ0v) is 16.8. The minimum absolute atomic E-state index is 0. The van der Waals surface area contributed by atoms with E-state index in [1.165, 1.54) is 30.0 Å². The van der Waals surface area contributed by atoms with E-state index < -0.39 is 0 Å². The molecule has 0 amide bonds. The Morgan fingerprint density at radius 1 is 0.708 bits per heavy atom. The van der Waals surface area contributed by atoms with Crippen molar-refractivity contribution in [3.8, 4) is 0 Å². The molecule has 1 saturated heterocycles. The van der Waals surface area contributed by atoms with Crippen molar-refractivity contribution in [1.82, 2.24) is 4.98 Å². The van der Waals surface area contributed by atoms with Crippen molar-refractivity contribution in [3.63, 3.8) is 0 Å². The molecule has 0 bridgehead atoms. The second-order valence-corrected chi connectivity index (χ2v) is 7.74. The van der Waals surface area contributed by atoms with E-state index in [-0.39, 0.29) is 34.1 Å². The molecule has 2 heterocycles. The largest absolute Gasteiger partial charge is 2.00 e. The van der Waals surface area contributed by atoms with E-state index in [0.717, 1.165) is 11.0 Å². The van der Waals surface area contributed by atoms with Crippen LogP contribution in [0.4, 0.5) is 0 Å². The molecule has 2 aromatic carbocycles. The van der Waals surface area contributed by atoms with Crippen molar-refractivity contribution in [2.24, 2.45) is 0 Å². The monoisotopic (exact) mass is 330 g/mol. The van der Waals surface area contributed by atoms with Crippen LogP contribution in [-0.2, 0) is 0 Å². The van der Waals surface area contributed by atoms with Gasteiger partial charge in [0.15, 0.2) is 0 Å². The van der Waals surface area contributed by atoms with E-state index >= 15 is 0 Å². The van der Waals surface area contributed by atoms with Crippen LogP contribution in [0.2, 0.25) is 0 Å². The number of rotatable bonds is 0. The summed E-state index contributed by atoms with van der Waals surface area (Å²) in [6.45, 7) is 8.92. The number of para-hydroxylation sites is 2. The smallest absolute Gasteiger partial charge is 0.657 e. The summed E-state index contributed by atoms with van der Waals surface area (Å²) in [6.07, 6.45) is 3.86. The molecule has 24 heavy (non-hydrogen) atoms. The molecule has 0 saturated carbocycles.